The molecule has 0 aliphatic carbocycles. The second-order valence-corrected chi connectivity index (χ2v) is 7.82. The maximum absolute atomic E-state index is 12.5. The van der Waals surface area contributed by atoms with Gasteiger partial charge in [0.1, 0.15) is 17.6 Å². The molecule has 28 heavy (non-hydrogen) atoms. The molecule has 0 atom stereocenters. The zero-order chi connectivity index (χ0) is 19.8. The molecule has 1 aromatic carbocycles. The highest BCUT2D eigenvalue weighted by atomic mass is 32.1. The van der Waals surface area contributed by atoms with Crippen molar-refractivity contribution in [1.29, 1.82) is 0 Å². The van der Waals surface area contributed by atoms with E-state index >= 15 is 0 Å². The van der Waals surface area contributed by atoms with Crippen LogP contribution in [0.5, 0.6) is 11.5 Å². The number of methoxy groups -OCH3 is 2. The molecule has 6 nitrogen and oxygen atoms in total. The predicted octanol–water partition coefficient (Wildman–Crippen LogP) is 3.18. The first-order valence-electron chi connectivity index (χ1n) is 9.56. The third-order valence-electron chi connectivity index (χ3n) is 4.81. The number of piperidine rings is 1. The van der Waals surface area contributed by atoms with Gasteiger partial charge in [0.15, 0.2) is 0 Å². The highest BCUT2D eigenvalue weighted by Crippen LogP contribution is 2.28. The Bertz CT molecular complexity index is 743. The van der Waals surface area contributed by atoms with Crippen molar-refractivity contribution in [3.05, 3.63) is 46.2 Å². The van der Waals surface area contributed by atoms with Crippen molar-refractivity contribution in [2.75, 3.05) is 40.5 Å². The fourth-order valence-corrected chi connectivity index (χ4v) is 4.01. The van der Waals surface area contributed by atoms with Crippen molar-refractivity contribution in [3.63, 3.8) is 0 Å². The molecule has 2 aromatic rings. The van der Waals surface area contributed by atoms with Crippen LogP contribution in [0.3, 0.4) is 0 Å². The first-order valence-corrected chi connectivity index (χ1v) is 10.4. The molecule has 0 unspecified atom stereocenters. The third kappa shape index (κ3) is 5.70. The minimum absolute atomic E-state index is 0.0946. The number of nitrogens with one attached hydrogen (secondary N) is 1. The smallest absolute Gasteiger partial charge is 0.255 e. The Morgan fingerprint density at radius 1 is 1.25 bits per heavy atom. The van der Waals surface area contributed by atoms with Gasteiger partial charge >= 0.3 is 0 Å². The number of ether oxygens (including phenoxy) is 3. The molecular weight excluding hydrogens is 376 g/mol. The van der Waals surface area contributed by atoms with E-state index in [1.165, 1.54) is 4.88 Å². The third-order valence-corrected chi connectivity index (χ3v) is 5.67. The van der Waals surface area contributed by atoms with Crippen molar-refractivity contribution in [2.45, 2.75) is 25.5 Å². The van der Waals surface area contributed by atoms with Crippen molar-refractivity contribution in [3.8, 4) is 11.5 Å². The Balaban J connectivity index is 1.60. The van der Waals surface area contributed by atoms with Crippen molar-refractivity contribution >= 4 is 17.2 Å². The standard InChI is InChI=1S/C21H28N2O4S/c1-25-12-9-22-21(24)19-6-5-17(26-2)14-20(19)27-16-7-10-23(11-8-16)15-18-4-3-13-28-18/h3-6,13-14,16H,7-12,15H2,1-2H3,(H,22,24). The average molecular weight is 405 g/mol. The predicted molar refractivity (Wildman–Crippen MR) is 110 cm³/mol. The maximum Gasteiger partial charge on any atom is 0.255 e. The molecule has 0 bridgehead atoms. The molecule has 1 saturated heterocycles. The Hall–Kier alpha value is -2.09. The van der Waals surface area contributed by atoms with Gasteiger partial charge in [0.25, 0.3) is 5.91 Å². The van der Waals surface area contributed by atoms with Crippen LogP contribution >= 0.6 is 11.3 Å². The number of carbonyl (C=O) groups excluding carboxylic acids is 1. The summed E-state index contributed by atoms with van der Waals surface area (Å²) in [6.45, 7) is 3.91. The summed E-state index contributed by atoms with van der Waals surface area (Å²) in [5.41, 5.74) is 0.526. The van der Waals surface area contributed by atoms with Crippen LogP contribution in [0.1, 0.15) is 28.1 Å². The minimum atomic E-state index is -0.162. The molecule has 7 heteroatoms. The highest BCUT2D eigenvalue weighted by Gasteiger charge is 2.23. The van der Waals surface area contributed by atoms with Gasteiger partial charge < -0.3 is 19.5 Å². The molecule has 2 heterocycles. The van der Waals surface area contributed by atoms with E-state index in [0.717, 1.165) is 32.5 Å². The Morgan fingerprint density at radius 3 is 2.75 bits per heavy atom. The van der Waals surface area contributed by atoms with Crippen LogP contribution in [0, 0.1) is 0 Å². The largest absolute Gasteiger partial charge is 0.497 e. The SMILES string of the molecule is COCCNC(=O)c1ccc(OC)cc1OC1CCN(Cc2cccs2)CC1. The monoisotopic (exact) mass is 404 g/mol. The van der Waals surface area contributed by atoms with Gasteiger partial charge in [-0.15, -0.1) is 11.3 Å². The molecule has 1 N–H and O–H groups in total. The maximum atomic E-state index is 12.5. The zero-order valence-electron chi connectivity index (χ0n) is 16.5. The second-order valence-electron chi connectivity index (χ2n) is 6.78. The number of rotatable bonds is 9. The van der Waals surface area contributed by atoms with Crippen LogP contribution < -0.4 is 14.8 Å². The molecule has 0 spiro atoms. The lowest BCUT2D eigenvalue weighted by molar-refractivity contribution is 0.0883. The molecule has 0 radical (unpaired) electrons. The molecule has 3 rings (SSSR count). The fraction of sp³-hybridized carbons (Fsp3) is 0.476. The molecule has 1 aromatic heterocycles. The number of nitrogens with zero attached hydrogens (tertiary/aromatic N) is 1. The highest BCUT2D eigenvalue weighted by molar-refractivity contribution is 7.09. The number of thiophene rings is 1. The van der Waals surface area contributed by atoms with Crippen LogP contribution in [0.4, 0.5) is 0 Å². The summed E-state index contributed by atoms with van der Waals surface area (Å²) >= 11 is 1.80. The molecule has 0 saturated carbocycles. The number of carbonyl (C=O) groups is 1. The molecule has 152 valence electrons. The lowest BCUT2D eigenvalue weighted by Gasteiger charge is -2.32. The molecule has 1 fully saturated rings. The second kappa shape index (κ2) is 10.5. The quantitative estimate of drug-likeness (QED) is 0.651. The lowest BCUT2D eigenvalue weighted by atomic mass is 10.1. The number of amides is 1. The van der Waals surface area contributed by atoms with Crippen molar-refractivity contribution in [1.82, 2.24) is 10.2 Å². The topological polar surface area (TPSA) is 60.0 Å². The van der Waals surface area contributed by atoms with Crippen molar-refractivity contribution in [2.24, 2.45) is 0 Å². The summed E-state index contributed by atoms with van der Waals surface area (Å²) in [6.07, 6.45) is 1.97. The number of hydrogen-bond donors (Lipinski definition) is 1. The lowest BCUT2D eigenvalue weighted by Crippen LogP contribution is -2.38. The van der Waals surface area contributed by atoms with E-state index in [-0.39, 0.29) is 12.0 Å². The van der Waals surface area contributed by atoms with Gasteiger partial charge in [0.2, 0.25) is 0 Å². The van der Waals surface area contributed by atoms with E-state index in [0.29, 0.717) is 30.2 Å². The Kier molecular flexibility index (Phi) is 7.71. The van der Waals surface area contributed by atoms with Gasteiger partial charge in [-0.3, -0.25) is 9.69 Å². The minimum Gasteiger partial charge on any atom is -0.497 e. The first kappa shape index (κ1) is 20.6. The van der Waals surface area contributed by atoms with Crippen molar-refractivity contribution < 1.29 is 19.0 Å². The van der Waals surface area contributed by atoms with Crippen LogP contribution in [-0.2, 0) is 11.3 Å². The average Bonchev–Trinajstić information content (AvgIpc) is 3.22. The molecule has 1 amide bonds. The van der Waals surface area contributed by atoms with Crippen LogP contribution in [0.25, 0.3) is 0 Å². The summed E-state index contributed by atoms with van der Waals surface area (Å²) in [6, 6.07) is 9.60. The molecule has 1 aliphatic rings. The summed E-state index contributed by atoms with van der Waals surface area (Å²) in [7, 11) is 3.22. The van der Waals surface area contributed by atoms with E-state index in [4.69, 9.17) is 14.2 Å². The van der Waals surface area contributed by atoms with Crippen LogP contribution in [0.2, 0.25) is 0 Å². The summed E-state index contributed by atoms with van der Waals surface area (Å²) in [5.74, 6) is 1.09. The number of benzene rings is 1. The van der Waals surface area contributed by atoms with E-state index in [9.17, 15) is 4.79 Å². The van der Waals surface area contributed by atoms with Gasteiger partial charge in [0.05, 0.1) is 19.3 Å². The number of likely N-dealkylation sites (tertiary alicyclic amines) is 1. The van der Waals surface area contributed by atoms with Gasteiger partial charge in [-0.05, 0) is 36.4 Å². The summed E-state index contributed by atoms with van der Waals surface area (Å²) < 4.78 is 16.6. The van der Waals surface area contributed by atoms with E-state index in [1.807, 2.05) is 0 Å². The van der Waals surface area contributed by atoms with E-state index in [1.54, 1.807) is 43.8 Å². The molecular formula is C21H28N2O4S. The van der Waals surface area contributed by atoms with Crippen LogP contribution in [-0.4, -0.2) is 57.4 Å². The summed E-state index contributed by atoms with van der Waals surface area (Å²) in [5, 5.41) is 4.97. The number of hydrogen-bond acceptors (Lipinski definition) is 6. The van der Waals surface area contributed by atoms with Gasteiger partial charge in [-0.1, -0.05) is 6.07 Å². The van der Waals surface area contributed by atoms with Gasteiger partial charge in [0, 0.05) is 44.2 Å². The normalized spacial score (nSPS) is 15.4. The molecule has 1 aliphatic heterocycles. The van der Waals surface area contributed by atoms with E-state index < -0.39 is 0 Å². The Labute approximate surface area is 170 Å². The van der Waals surface area contributed by atoms with Gasteiger partial charge in [-0.2, -0.15) is 0 Å². The van der Waals surface area contributed by atoms with Crippen LogP contribution in [0.15, 0.2) is 35.7 Å². The zero-order valence-corrected chi connectivity index (χ0v) is 17.3. The van der Waals surface area contributed by atoms with Gasteiger partial charge in [-0.25, -0.2) is 0 Å². The Morgan fingerprint density at radius 2 is 2.07 bits per heavy atom. The first-order chi connectivity index (χ1) is 13.7. The van der Waals surface area contributed by atoms with E-state index in [2.05, 4.69) is 27.7 Å². The fourth-order valence-electron chi connectivity index (χ4n) is 3.26. The summed E-state index contributed by atoms with van der Waals surface area (Å²) in [4.78, 5) is 16.4.